The minimum Gasteiger partial charge on any atom is -0.461 e. The summed E-state index contributed by atoms with van der Waals surface area (Å²) in [5, 5.41) is 22.2. The van der Waals surface area contributed by atoms with Crippen LogP contribution < -0.4 is 0 Å². The maximum absolute atomic E-state index is 12.6. The molecular weight excluding hydrogens is 308 g/mol. The summed E-state index contributed by atoms with van der Waals surface area (Å²) >= 11 is 0. The predicted octanol–water partition coefficient (Wildman–Crippen LogP) is -0.744. The number of hydrogen-bond donors (Lipinski definition) is 2. The molecule has 8 nitrogen and oxygen atoms in total. The molecule has 3 saturated heterocycles. The molecule has 0 aromatic rings. The summed E-state index contributed by atoms with van der Waals surface area (Å²) in [5.41, 5.74) is -5.91. The van der Waals surface area contributed by atoms with Gasteiger partial charge in [0.25, 0.3) is 6.29 Å². The lowest BCUT2D eigenvalue weighted by molar-refractivity contribution is -0.224. The molecule has 8 heteroatoms. The Kier molecular flexibility index (Phi) is 2.39. The molecule has 1 saturated carbocycles. The highest BCUT2D eigenvalue weighted by molar-refractivity contribution is 5.94. The molecule has 4 fully saturated rings. The van der Waals surface area contributed by atoms with Crippen LogP contribution in [0.1, 0.15) is 33.6 Å². The summed E-state index contributed by atoms with van der Waals surface area (Å²) in [6.07, 6.45) is -4.58. The van der Waals surface area contributed by atoms with E-state index in [1.54, 1.807) is 20.8 Å². The fourth-order valence-corrected chi connectivity index (χ4v) is 5.15. The van der Waals surface area contributed by atoms with E-state index in [-0.39, 0.29) is 12.8 Å². The second-order valence-electron chi connectivity index (χ2n) is 7.89. The molecule has 2 spiro atoms. The minimum atomic E-state index is -1.78. The molecule has 2 unspecified atom stereocenters. The summed E-state index contributed by atoms with van der Waals surface area (Å²) < 4.78 is 15.5. The second kappa shape index (κ2) is 3.70. The van der Waals surface area contributed by atoms with Crippen LogP contribution in [0, 0.1) is 16.2 Å². The molecule has 2 N–H and O–H groups in total. The van der Waals surface area contributed by atoms with Crippen LogP contribution in [0.4, 0.5) is 0 Å². The molecule has 0 aromatic heterocycles. The second-order valence-corrected chi connectivity index (χ2v) is 7.89. The smallest absolute Gasteiger partial charge is 0.339 e. The third-order valence-electron chi connectivity index (χ3n) is 6.22. The normalized spacial score (nSPS) is 51.0. The van der Waals surface area contributed by atoms with Crippen LogP contribution in [0.5, 0.6) is 0 Å². The monoisotopic (exact) mass is 326 g/mol. The van der Waals surface area contributed by atoms with Crippen LogP contribution in [-0.2, 0) is 28.6 Å². The zero-order valence-electron chi connectivity index (χ0n) is 13.0. The zero-order valence-corrected chi connectivity index (χ0v) is 13.0. The maximum Gasteiger partial charge on any atom is 0.339 e. The van der Waals surface area contributed by atoms with Crippen molar-refractivity contribution >= 4 is 17.9 Å². The van der Waals surface area contributed by atoms with Crippen molar-refractivity contribution in [3.05, 3.63) is 0 Å². The highest BCUT2D eigenvalue weighted by Gasteiger charge is 2.92. The Morgan fingerprint density at radius 3 is 2.39 bits per heavy atom. The van der Waals surface area contributed by atoms with E-state index in [1.165, 1.54) is 0 Å². The summed E-state index contributed by atoms with van der Waals surface area (Å²) in [6.45, 7) is 5.19. The molecule has 0 amide bonds. The lowest BCUT2D eigenvalue weighted by Crippen LogP contribution is -2.65. The third-order valence-corrected chi connectivity index (χ3v) is 6.22. The fraction of sp³-hybridized carbons (Fsp3) is 0.800. The lowest BCUT2D eigenvalue weighted by atomic mass is 9.52. The molecule has 6 atom stereocenters. The van der Waals surface area contributed by atoms with Crippen LogP contribution in [0.25, 0.3) is 0 Å². The first kappa shape index (κ1) is 14.9. The first-order valence-electron chi connectivity index (χ1n) is 7.54. The Morgan fingerprint density at radius 2 is 1.78 bits per heavy atom. The predicted molar refractivity (Wildman–Crippen MR) is 70.4 cm³/mol. The van der Waals surface area contributed by atoms with E-state index < -0.39 is 58.3 Å². The van der Waals surface area contributed by atoms with Crippen LogP contribution in [0.2, 0.25) is 0 Å². The summed E-state index contributed by atoms with van der Waals surface area (Å²) in [7, 11) is 0. The van der Waals surface area contributed by atoms with Crippen molar-refractivity contribution in [2.75, 3.05) is 0 Å². The van der Waals surface area contributed by atoms with Crippen molar-refractivity contribution in [2.24, 2.45) is 16.2 Å². The Hall–Kier alpha value is -1.67. The van der Waals surface area contributed by atoms with Gasteiger partial charge in [0.05, 0.1) is 12.0 Å². The average molecular weight is 326 g/mol. The summed E-state index contributed by atoms with van der Waals surface area (Å²) in [4.78, 5) is 36.5. The number of ether oxygens (including phenoxy) is 3. The van der Waals surface area contributed by atoms with E-state index in [0.29, 0.717) is 0 Å². The molecular formula is C15H18O8. The number of hydrogen-bond acceptors (Lipinski definition) is 8. The van der Waals surface area contributed by atoms with Crippen LogP contribution in [0.3, 0.4) is 0 Å². The molecule has 23 heavy (non-hydrogen) atoms. The van der Waals surface area contributed by atoms with Crippen molar-refractivity contribution in [1.29, 1.82) is 0 Å². The Morgan fingerprint density at radius 1 is 1.13 bits per heavy atom. The number of carbonyl (C=O) groups is 3. The van der Waals surface area contributed by atoms with Gasteiger partial charge in [-0.15, -0.1) is 0 Å². The molecule has 0 bridgehead atoms. The van der Waals surface area contributed by atoms with Gasteiger partial charge in [-0.1, -0.05) is 20.8 Å². The van der Waals surface area contributed by atoms with Crippen molar-refractivity contribution in [1.82, 2.24) is 0 Å². The van der Waals surface area contributed by atoms with Gasteiger partial charge in [0.1, 0.15) is 16.9 Å². The highest BCUT2D eigenvalue weighted by atomic mass is 16.7. The van der Waals surface area contributed by atoms with Gasteiger partial charge in [-0.3, -0.25) is 9.59 Å². The molecule has 4 aliphatic rings. The molecule has 126 valence electrons. The first-order chi connectivity index (χ1) is 10.5. The van der Waals surface area contributed by atoms with Crippen molar-refractivity contribution in [3.63, 3.8) is 0 Å². The Bertz CT molecular complexity index is 650. The zero-order chi connectivity index (χ0) is 17.0. The molecule has 3 aliphatic heterocycles. The van der Waals surface area contributed by atoms with E-state index in [9.17, 15) is 24.6 Å². The number of esters is 3. The van der Waals surface area contributed by atoms with Crippen LogP contribution in [0.15, 0.2) is 0 Å². The number of carbonyl (C=O) groups excluding carboxylic acids is 3. The lowest BCUT2D eigenvalue weighted by Gasteiger charge is -2.49. The maximum atomic E-state index is 12.6. The summed E-state index contributed by atoms with van der Waals surface area (Å²) in [5.74, 6) is -2.36. The van der Waals surface area contributed by atoms with Gasteiger partial charge in [-0.25, -0.2) is 4.79 Å². The number of aliphatic hydroxyl groups excluding tert-OH is 1. The standard InChI is InChI=1S/C15H18O8/c1-12(2,3)14(20)4-6-13(5-7(16)21-6)10(19)23-11-15(13,14)8(17)9(18)22-11/h6,8,11,17,20H,4-5H2,1-3H3/t6-,8?,11+,13-,14-,15?/m0/s1. The summed E-state index contributed by atoms with van der Waals surface area (Å²) in [6, 6.07) is 0. The van der Waals surface area contributed by atoms with Gasteiger partial charge in [0.15, 0.2) is 6.10 Å². The largest absolute Gasteiger partial charge is 0.461 e. The number of aliphatic hydroxyl groups is 2. The molecule has 0 aromatic carbocycles. The van der Waals surface area contributed by atoms with Crippen LogP contribution >= 0.6 is 0 Å². The first-order valence-corrected chi connectivity index (χ1v) is 7.54. The number of rotatable bonds is 0. The van der Waals surface area contributed by atoms with Crippen molar-refractivity contribution in [2.45, 2.75) is 57.7 Å². The topological polar surface area (TPSA) is 119 Å². The van der Waals surface area contributed by atoms with Gasteiger partial charge >= 0.3 is 17.9 Å². The molecule has 4 rings (SSSR count). The van der Waals surface area contributed by atoms with E-state index in [0.717, 1.165) is 0 Å². The quantitative estimate of drug-likeness (QED) is 0.558. The average Bonchev–Trinajstić information content (AvgIpc) is 3.00. The van der Waals surface area contributed by atoms with Crippen molar-refractivity contribution < 1.29 is 38.8 Å². The van der Waals surface area contributed by atoms with Gasteiger partial charge in [0, 0.05) is 6.42 Å². The van der Waals surface area contributed by atoms with E-state index in [1.807, 2.05) is 0 Å². The molecule has 1 aliphatic carbocycles. The SMILES string of the molecule is CC(C)(C)[C@@]1(O)C[C@@H]2OC(=O)C[C@@]23C(=O)O[C@H]2OC(=O)C(O)C213. The van der Waals surface area contributed by atoms with E-state index >= 15 is 0 Å². The van der Waals surface area contributed by atoms with E-state index in [4.69, 9.17) is 14.2 Å². The Balaban J connectivity index is 2.05. The fourth-order valence-electron chi connectivity index (χ4n) is 5.15. The van der Waals surface area contributed by atoms with Gasteiger partial charge < -0.3 is 24.4 Å². The van der Waals surface area contributed by atoms with Gasteiger partial charge in [-0.2, -0.15) is 0 Å². The van der Waals surface area contributed by atoms with Crippen LogP contribution in [-0.4, -0.2) is 52.2 Å². The molecule has 0 radical (unpaired) electrons. The molecule has 3 heterocycles. The third kappa shape index (κ3) is 1.20. The van der Waals surface area contributed by atoms with Gasteiger partial charge in [0.2, 0.25) is 0 Å². The minimum absolute atomic E-state index is 0.0679. The highest BCUT2D eigenvalue weighted by Crippen LogP contribution is 2.75. The van der Waals surface area contributed by atoms with Gasteiger partial charge in [-0.05, 0) is 5.41 Å². The van der Waals surface area contributed by atoms with Crippen molar-refractivity contribution in [3.8, 4) is 0 Å². The van der Waals surface area contributed by atoms with E-state index in [2.05, 4.69) is 0 Å². The Labute approximate surface area is 131 Å².